The molecule has 1 fully saturated rings. The lowest BCUT2D eigenvalue weighted by atomic mass is 10.1. The number of benzene rings is 1. The highest BCUT2D eigenvalue weighted by atomic mass is 35.5. The molecule has 0 radical (unpaired) electrons. The van der Waals surface area contributed by atoms with Crippen LogP contribution in [0.1, 0.15) is 41.3 Å². The minimum Gasteiger partial charge on any atom is -0.331 e. The van der Waals surface area contributed by atoms with Gasteiger partial charge >= 0.3 is 0 Å². The number of carbonyl (C=O) groups excluding carboxylic acids is 1. The molecule has 1 atom stereocenters. The minimum atomic E-state index is -1.42. The zero-order valence-electron chi connectivity index (χ0n) is 13.7. The van der Waals surface area contributed by atoms with Gasteiger partial charge in [0.25, 0.3) is 5.91 Å². The highest BCUT2D eigenvalue weighted by Gasteiger charge is 2.39. The van der Waals surface area contributed by atoms with Gasteiger partial charge in [0.15, 0.2) is 0 Å². The van der Waals surface area contributed by atoms with Crippen molar-refractivity contribution in [3.8, 4) is 11.5 Å². The fourth-order valence-electron chi connectivity index (χ4n) is 2.92. The lowest BCUT2D eigenvalue weighted by Crippen LogP contribution is -2.34. The van der Waals surface area contributed by atoms with E-state index in [1.165, 1.54) is 12.8 Å². The minimum absolute atomic E-state index is 0.0871. The monoisotopic (exact) mass is 331 g/mol. The van der Waals surface area contributed by atoms with E-state index in [1.807, 2.05) is 17.0 Å². The van der Waals surface area contributed by atoms with Crippen LogP contribution in [-0.4, -0.2) is 24.9 Å². The highest BCUT2D eigenvalue weighted by Crippen LogP contribution is 2.39. The SMILES string of the molecule is C[C@@H](C1CC1)N1Cc2cc(C#C[Si](C)(C)C)cc(Cl)c2C1=O. The summed E-state index contributed by atoms with van der Waals surface area (Å²) < 4.78 is 0. The van der Waals surface area contributed by atoms with Crippen LogP contribution in [0.4, 0.5) is 0 Å². The molecule has 1 saturated carbocycles. The quantitative estimate of drug-likeness (QED) is 0.583. The molecule has 0 spiro atoms. The van der Waals surface area contributed by atoms with Crippen molar-refractivity contribution >= 4 is 25.6 Å². The Labute approximate surface area is 138 Å². The van der Waals surface area contributed by atoms with E-state index in [0.717, 1.165) is 11.1 Å². The van der Waals surface area contributed by atoms with E-state index >= 15 is 0 Å². The summed E-state index contributed by atoms with van der Waals surface area (Å²) in [6.45, 7) is 9.49. The molecule has 0 bridgehead atoms. The number of hydrogen-bond donors (Lipinski definition) is 0. The van der Waals surface area contributed by atoms with Crippen LogP contribution >= 0.6 is 11.6 Å². The van der Waals surface area contributed by atoms with Crippen LogP contribution in [0.25, 0.3) is 0 Å². The molecular weight excluding hydrogens is 310 g/mol. The number of amides is 1. The van der Waals surface area contributed by atoms with E-state index in [2.05, 4.69) is 38.0 Å². The van der Waals surface area contributed by atoms with Crippen molar-refractivity contribution < 1.29 is 4.79 Å². The fraction of sp³-hybridized carbons (Fsp3) is 0.500. The molecule has 1 aliphatic heterocycles. The van der Waals surface area contributed by atoms with Crippen LogP contribution in [-0.2, 0) is 6.54 Å². The first-order valence-electron chi connectivity index (χ1n) is 7.93. The number of hydrogen-bond acceptors (Lipinski definition) is 1. The predicted octanol–water partition coefficient (Wildman–Crippen LogP) is 4.32. The maximum Gasteiger partial charge on any atom is 0.256 e. The second-order valence-electron chi connectivity index (χ2n) is 7.50. The van der Waals surface area contributed by atoms with Gasteiger partial charge in [-0.2, -0.15) is 0 Å². The third-order valence-electron chi connectivity index (χ3n) is 4.37. The molecular formula is C18H22ClNOSi. The van der Waals surface area contributed by atoms with Gasteiger partial charge in [-0.3, -0.25) is 4.79 Å². The number of nitrogens with zero attached hydrogens (tertiary/aromatic N) is 1. The van der Waals surface area contributed by atoms with E-state index in [-0.39, 0.29) is 5.91 Å². The lowest BCUT2D eigenvalue weighted by molar-refractivity contribution is 0.0697. The van der Waals surface area contributed by atoms with Gasteiger partial charge in [-0.25, -0.2) is 0 Å². The number of fused-ring (bicyclic) bond motifs is 1. The summed E-state index contributed by atoms with van der Waals surface area (Å²) in [4.78, 5) is 14.6. The van der Waals surface area contributed by atoms with Crippen molar-refractivity contribution in [1.82, 2.24) is 4.90 Å². The first-order valence-corrected chi connectivity index (χ1v) is 11.8. The Morgan fingerprint density at radius 2 is 2.00 bits per heavy atom. The second kappa shape index (κ2) is 5.44. The molecule has 22 heavy (non-hydrogen) atoms. The smallest absolute Gasteiger partial charge is 0.256 e. The van der Waals surface area contributed by atoms with Crippen molar-refractivity contribution in [2.24, 2.45) is 5.92 Å². The van der Waals surface area contributed by atoms with E-state index in [9.17, 15) is 4.79 Å². The van der Waals surface area contributed by atoms with Gasteiger partial charge in [0.05, 0.1) is 10.6 Å². The molecule has 2 aliphatic rings. The average molecular weight is 332 g/mol. The van der Waals surface area contributed by atoms with Crippen LogP contribution in [0.5, 0.6) is 0 Å². The molecule has 1 aromatic rings. The fourth-order valence-corrected chi connectivity index (χ4v) is 3.76. The summed E-state index contributed by atoms with van der Waals surface area (Å²) in [6, 6.07) is 4.20. The first-order chi connectivity index (χ1) is 10.3. The molecule has 116 valence electrons. The molecule has 0 aromatic heterocycles. The molecule has 1 aromatic carbocycles. The van der Waals surface area contributed by atoms with Crippen molar-refractivity contribution in [3.63, 3.8) is 0 Å². The van der Waals surface area contributed by atoms with Gasteiger partial charge in [-0.05, 0) is 43.4 Å². The summed E-state index contributed by atoms with van der Waals surface area (Å²) >= 11 is 6.38. The number of carbonyl (C=O) groups is 1. The lowest BCUT2D eigenvalue weighted by Gasteiger charge is -2.23. The van der Waals surface area contributed by atoms with Crippen molar-refractivity contribution in [3.05, 3.63) is 33.8 Å². The van der Waals surface area contributed by atoms with Gasteiger partial charge in [0.2, 0.25) is 0 Å². The van der Waals surface area contributed by atoms with E-state index < -0.39 is 8.07 Å². The summed E-state index contributed by atoms with van der Waals surface area (Å²) in [5, 5.41) is 0.549. The Balaban J connectivity index is 1.91. The zero-order chi connectivity index (χ0) is 16.1. The van der Waals surface area contributed by atoms with Crippen LogP contribution in [0.3, 0.4) is 0 Å². The van der Waals surface area contributed by atoms with Crippen LogP contribution in [0.15, 0.2) is 12.1 Å². The van der Waals surface area contributed by atoms with Crippen LogP contribution in [0.2, 0.25) is 24.7 Å². The van der Waals surface area contributed by atoms with Gasteiger partial charge in [0, 0.05) is 18.2 Å². The topological polar surface area (TPSA) is 20.3 Å². The Bertz CT molecular complexity index is 692. The Morgan fingerprint density at radius 1 is 1.32 bits per heavy atom. The summed E-state index contributed by atoms with van der Waals surface area (Å²) in [7, 11) is -1.42. The summed E-state index contributed by atoms with van der Waals surface area (Å²) in [5.41, 5.74) is 6.01. The molecule has 0 saturated heterocycles. The van der Waals surface area contributed by atoms with Gasteiger partial charge in [-0.15, -0.1) is 5.54 Å². The van der Waals surface area contributed by atoms with E-state index in [4.69, 9.17) is 11.6 Å². The number of rotatable bonds is 2. The predicted molar refractivity (Wildman–Crippen MR) is 93.7 cm³/mol. The molecule has 4 heteroatoms. The van der Waals surface area contributed by atoms with Crippen molar-refractivity contribution in [2.45, 2.75) is 52.0 Å². The maximum atomic E-state index is 12.6. The molecule has 1 heterocycles. The third-order valence-corrected chi connectivity index (χ3v) is 5.54. The van der Waals surface area contributed by atoms with Gasteiger partial charge in [-0.1, -0.05) is 37.2 Å². The summed E-state index contributed by atoms with van der Waals surface area (Å²) in [6.07, 6.45) is 2.48. The molecule has 2 nitrogen and oxygen atoms in total. The van der Waals surface area contributed by atoms with Gasteiger partial charge < -0.3 is 4.90 Å². The van der Waals surface area contributed by atoms with Crippen molar-refractivity contribution in [2.75, 3.05) is 0 Å². The average Bonchev–Trinajstić information content (AvgIpc) is 3.20. The summed E-state index contributed by atoms with van der Waals surface area (Å²) in [5.74, 6) is 4.00. The Morgan fingerprint density at radius 3 is 2.59 bits per heavy atom. The molecule has 0 N–H and O–H groups in total. The maximum absolute atomic E-state index is 12.6. The normalized spacial score (nSPS) is 18.8. The standard InChI is InChI=1S/C18H22ClNOSi/c1-12(14-5-6-14)20-11-15-9-13(7-8-22(2,3)4)10-16(19)17(15)18(20)21/h9-10,12,14H,5-6,11H2,1-4H3/t12-/m0/s1. The zero-order valence-corrected chi connectivity index (χ0v) is 15.4. The Hall–Kier alpha value is -1.24. The van der Waals surface area contributed by atoms with E-state index in [0.29, 0.717) is 29.1 Å². The van der Waals surface area contributed by atoms with Crippen molar-refractivity contribution in [1.29, 1.82) is 0 Å². The van der Waals surface area contributed by atoms with Crippen LogP contribution < -0.4 is 0 Å². The molecule has 3 rings (SSSR count). The highest BCUT2D eigenvalue weighted by molar-refractivity contribution is 6.83. The Kier molecular flexibility index (Phi) is 3.87. The number of halogens is 1. The molecule has 0 unspecified atom stereocenters. The molecule has 1 aliphatic carbocycles. The largest absolute Gasteiger partial charge is 0.331 e. The van der Waals surface area contributed by atoms with Gasteiger partial charge in [0.1, 0.15) is 8.07 Å². The van der Waals surface area contributed by atoms with Crippen LogP contribution in [0, 0.1) is 17.4 Å². The first kappa shape index (κ1) is 15.6. The second-order valence-corrected chi connectivity index (χ2v) is 12.7. The van der Waals surface area contributed by atoms with E-state index in [1.54, 1.807) is 0 Å². The molecule has 1 amide bonds. The third kappa shape index (κ3) is 3.09.